The Hall–Kier alpha value is -4.54. The molecule has 7 heterocycles. The van der Waals surface area contributed by atoms with Crippen LogP contribution in [-0.2, 0) is 139 Å². The average molecular weight is 1420 g/mol. The van der Waals surface area contributed by atoms with E-state index in [0.717, 1.165) is 47.4 Å². The van der Waals surface area contributed by atoms with Crippen LogP contribution in [0.15, 0.2) is 141 Å². The van der Waals surface area contributed by atoms with Crippen molar-refractivity contribution in [1.82, 2.24) is 0 Å². The van der Waals surface area contributed by atoms with E-state index in [4.69, 9.17) is 118 Å². The van der Waals surface area contributed by atoms with Crippen LogP contribution < -0.4 is 0 Å². The molecule has 0 atom stereocenters. The van der Waals surface area contributed by atoms with Gasteiger partial charge in [-0.3, -0.25) is 0 Å². The first-order valence-corrected chi connectivity index (χ1v) is 40.2. The van der Waals surface area contributed by atoms with Gasteiger partial charge in [-0.2, -0.15) is 0 Å². The van der Waals surface area contributed by atoms with E-state index >= 15 is 0 Å². The molecule has 0 bridgehead atoms. The molecule has 0 aliphatic heterocycles. The van der Waals surface area contributed by atoms with Crippen LogP contribution in [0.5, 0.6) is 0 Å². The van der Waals surface area contributed by atoms with Crippen LogP contribution in [-0.4, -0.2) is 140 Å². The zero-order chi connectivity index (χ0) is 67.3. The predicted molar refractivity (Wildman–Crippen MR) is 344 cm³/mol. The molecule has 0 N–H and O–H groups in total. The van der Waals surface area contributed by atoms with Crippen molar-refractivity contribution in [3.63, 3.8) is 0 Å². The van der Waals surface area contributed by atoms with Gasteiger partial charge in [0.2, 0.25) is 0 Å². The first-order valence-electron chi connectivity index (χ1n) is 30.4. The van der Waals surface area contributed by atoms with Crippen LogP contribution in [0.4, 0.5) is 0 Å². The molecule has 0 amide bonds. The molecule has 33 heteroatoms. The maximum absolute atomic E-state index is 6.09. The van der Waals surface area contributed by atoms with E-state index < -0.39 is 54.3 Å². The lowest BCUT2D eigenvalue weighted by atomic mass is 10.1. The molecule has 0 aliphatic carbocycles. The highest BCUT2D eigenvalue weighted by Gasteiger charge is 2.73. The van der Waals surface area contributed by atoms with Crippen molar-refractivity contribution in [1.29, 1.82) is 0 Å². The van der Waals surface area contributed by atoms with Crippen molar-refractivity contribution in [2.45, 2.75) is 130 Å². The number of hydrogen-bond donors (Lipinski definition) is 0. The smallest absolute Gasteiger partial charge is 0.467 e. The van der Waals surface area contributed by atoms with Crippen molar-refractivity contribution in [3.05, 3.63) is 168 Å². The highest BCUT2D eigenvalue weighted by Crippen LogP contribution is 2.33. The second kappa shape index (κ2) is 42.2. The summed E-state index contributed by atoms with van der Waals surface area (Å²) in [5.41, 5.74) is 0. The summed E-state index contributed by atoms with van der Waals surface area (Å²) in [5.74, 6) is 8.51. The molecule has 7 rings (SSSR count). The van der Waals surface area contributed by atoms with Crippen molar-refractivity contribution in [3.8, 4) is 0 Å². The van der Waals surface area contributed by atoms with Gasteiger partial charge in [-0.15, -0.1) is 0 Å². The standard InChI is InChI=1S/C28H40O3.C20H20O8Si.C12H36O16Si5/c1-3-5-7-9-11-13-23-15-17-25(29-23)21-27-19-20-28(31-27)22-26-18-16-24(30-26)14-12-10-8-6-4-2;1-5-17(21-9-1)13-25-29(26-14-18-6-2-10-22-18,27-15-19-7-3-11-23-19)28-16-20-8-4-12-24-20;1-13-29(14-2,15-3)25-33(26-30(16-4,17-5)18-6,27-31(19-7,20-8)21-9)28-32(22-10,23-11)24-12/h15-20H,3-14,21-22H2,1-2H3;1-12H,13-16H2;1-12H3. The first kappa shape index (κ1) is 79.2. The Labute approximate surface area is 553 Å². The van der Waals surface area contributed by atoms with Crippen molar-refractivity contribution in [2.75, 3.05) is 85.3 Å². The summed E-state index contributed by atoms with van der Waals surface area (Å²) in [7, 11) is -9.14. The van der Waals surface area contributed by atoms with Gasteiger partial charge in [0.25, 0.3) is 0 Å². The molecule has 0 saturated heterocycles. The van der Waals surface area contributed by atoms with Crippen LogP contribution in [0.25, 0.3) is 0 Å². The Morgan fingerprint density at radius 1 is 0.258 bits per heavy atom. The quantitative estimate of drug-likeness (QED) is 0.0253. The summed E-state index contributed by atoms with van der Waals surface area (Å²) in [6.07, 6.45) is 22.7. The van der Waals surface area contributed by atoms with Gasteiger partial charge < -0.3 is 118 Å². The van der Waals surface area contributed by atoms with E-state index in [0.29, 0.717) is 35.9 Å². The molecule has 0 fully saturated rings. The fraction of sp³-hybridized carbons (Fsp3) is 0.533. The van der Waals surface area contributed by atoms with E-state index in [2.05, 4.69) is 50.2 Å². The van der Waals surface area contributed by atoms with Crippen molar-refractivity contribution >= 4 is 54.3 Å². The monoisotopic (exact) mass is 1420 g/mol. The zero-order valence-electron chi connectivity index (χ0n) is 56.1. The molecular formula is C60H96O27Si6. The third-order valence-corrected chi connectivity index (χ3v) is 29.8. The summed E-state index contributed by atoms with van der Waals surface area (Å²) in [5, 5.41) is 0. The Kier molecular flexibility index (Phi) is 35.9. The fourth-order valence-corrected chi connectivity index (χ4v) is 24.7. The molecule has 0 spiro atoms. The van der Waals surface area contributed by atoms with Crippen LogP contribution in [0.2, 0.25) is 0 Å². The van der Waals surface area contributed by atoms with Gasteiger partial charge in [0.15, 0.2) is 0 Å². The average Bonchev–Trinajstić information content (AvgIpc) is 1.50. The molecule has 0 saturated carbocycles. The Morgan fingerprint density at radius 2 is 0.495 bits per heavy atom. The highest BCUT2D eigenvalue weighted by molar-refractivity contribution is 6.82. The second-order valence-electron chi connectivity index (χ2n) is 20.1. The van der Waals surface area contributed by atoms with E-state index in [-0.39, 0.29) is 26.4 Å². The molecule has 522 valence electrons. The number of unbranched alkanes of at least 4 members (excludes halogenated alkanes) is 8. The van der Waals surface area contributed by atoms with E-state index in [1.807, 2.05) is 0 Å². The van der Waals surface area contributed by atoms with Gasteiger partial charge in [0, 0.05) is 98.2 Å². The fourth-order valence-electron chi connectivity index (χ4n) is 8.77. The lowest BCUT2D eigenvalue weighted by molar-refractivity contribution is -0.0710. The molecule has 27 nitrogen and oxygen atoms in total. The largest absolute Gasteiger partial charge is 0.681 e. The number of hydrogen-bond acceptors (Lipinski definition) is 27. The summed E-state index contributed by atoms with van der Waals surface area (Å²) in [6, 6.07) is 26.8. The Bertz CT molecular complexity index is 2570. The van der Waals surface area contributed by atoms with Gasteiger partial charge in [-0.1, -0.05) is 65.2 Å². The van der Waals surface area contributed by atoms with E-state index in [1.54, 1.807) is 73.6 Å². The number of rotatable bonds is 48. The normalized spacial score (nSPS) is 12.5. The minimum Gasteiger partial charge on any atom is -0.467 e. The van der Waals surface area contributed by atoms with E-state index in [9.17, 15) is 0 Å². The van der Waals surface area contributed by atoms with Crippen LogP contribution in [0.3, 0.4) is 0 Å². The minimum atomic E-state index is -4.84. The molecule has 0 aromatic carbocycles. The van der Waals surface area contributed by atoms with Gasteiger partial charge in [0.05, 0.1) is 64.3 Å². The second-order valence-corrected chi connectivity index (χ2v) is 35.4. The summed E-state index contributed by atoms with van der Waals surface area (Å²) >= 11 is 0. The topological polar surface area (TPSA) is 277 Å². The Balaban J connectivity index is 0.000000253. The number of furan rings is 7. The Morgan fingerprint density at radius 3 is 0.720 bits per heavy atom. The van der Waals surface area contributed by atoms with Gasteiger partial charge >= 0.3 is 54.3 Å². The highest BCUT2D eigenvalue weighted by atomic mass is 28.6. The molecule has 0 aliphatic rings. The van der Waals surface area contributed by atoms with Gasteiger partial charge in [-0.25, -0.2) is 0 Å². The van der Waals surface area contributed by atoms with E-state index in [1.165, 1.54) is 150 Å². The molecular weight excluding hydrogens is 1320 g/mol. The van der Waals surface area contributed by atoms with Crippen LogP contribution in [0, 0.1) is 0 Å². The predicted octanol–water partition coefficient (Wildman–Crippen LogP) is 12.3. The molecule has 7 aromatic heterocycles. The van der Waals surface area contributed by atoms with Crippen LogP contribution >= 0.6 is 0 Å². The lowest BCUT2D eigenvalue weighted by Gasteiger charge is -2.41. The van der Waals surface area contributed by atoms with Crippen LogP contribution in [0.1, 0.15) is 136 Å². The SMILES string of the molecule is CCCCCCCc1ccc(Cc2ccc(Cc3ccc(CCCCCCC)o3)o2)o1.CO[Si](OC)(OC)O[Si](O[Si](OC)(OC)OC)(O[Si](OC)(OC)OC)O[Si](OC)(OC)OC.c1coc(CO[Si](OCc2ccco2)(OCc2ccco2)OCc2ccco2)c1. The summed E-state index contributed by atoms with van der Waals surface area (Å²) < 4.78 is 153. The summed E-state index contributed by atoms with van der Waals surface area (Å²) in [6.45, 7) is 4.98. The maximum atomic E-state index is 6.09. The minimum absolute atomic E-state index is 0.119. The third kappa shape index (κ3) is 26.1. The maximum Gasteiger partial charge on any atom is 0.681 e. The number of aryl methyl sites for hydroxylation is 2. The van der Waals surface area contributed by atoms with Crippen molar-refractivity contribution < 1.29 is 118 Å². The molecule has 93 heavy (non-hydrogen) atoms. The van der Waals surface area contributed by atoms with Gasteiger partial charge in [-0.05, 0) is 97.8 Å². The molecule has 7 aromatic rings. The van der Waals surface area contributed by atoms with Crippen molar-refractivity contribution in [2.24, 2.45) is 0 Å². The van der Waals surface area contributed by atoms with Gasteiger partial charge in [0.1, 0.15) is 57.6 Å². The lowest BCUT2D eigenvalue weighted by Crippen LogP contribution is -2.73. The molecule has 0 radical (unpaired) electrons. The molecule has 0 unspecified atom stereocenters. The summed E-state index contributed by atoms with van der Waals surface area (Å²) in [4.78, 5) is 0. The first-order chi connectivity index (χ1) is 45.1. The third-order valence-electron chi connectivity index (χ3n) is 13.8. The zero-order valence-corrected chi connectivity index (χ0v) is 62.1.